The topological polar surface area (TPSA) is 66.9 Å². The number of amides is 2. The predicted molar refractivity (Wildman–Crippen MR) is 128 cm³/mol. The van der Waals surface area contributed by atoms with Crippen molar-refractivity contribution < 1.29 is 18.4 Å². The summed E-state index contributed by atoms with van der Waals surface area (Å²) in [7, 11) is 3.56. The molecule has 4 aromatic rings. The number of fused-ring (bicyclic) bond motifs is 2. The van der Waals surface area contributed by atoms with E-state index in [9.17, 15) is 9.59 Å². The van der Waals surface area contributed by atoms with Crippen LogP contribution < -0.4 is 9.80 Å². The minimum absolute atomic E-state index is 0.130. The van der Waals surface area contributed by atoms with Gasteiger partial charge in [0.1, 0.15) is 22.4 Å². The van der Waals surface area contributed by atoms with Crippen molar-refractivity contribution in [3.8, 4) is 0 Å². The maximum absolute atomic E-state index is 14.5. The van der Waals surface area contributed by atoms with Gasteiger partial charge in [-0.3, -0.25) is 9.59 Å². The van der Waals surface area contributed by atoms with Crippen LogP contribution in [0.1, 0.15) is 22.6 Å². The second-order valence-corrected chi connectivity index (χ2v) is 9.09. The Balaban J connectivity index is 1.74. The Morgan fingerprint density at radius 3 is 1.41 bits per heavy atom. The van der Waals surface area contributed by atoms with Crippen LogP contribution in [0.2, 0.25) is 0 Å². The zero-order valence-corrected chi connectivity index (χ0v) is 19.0. The average molecular weight is 453 g/mol. The van der Waals surface area contributed by atoms with Gasteiger partial charge < -0.3 is 18.6 Å². The highest BCUT2D eigenvalue weighted by Crippen LogP contribution is 2.60. The fourth-order valence-electron chi connectivity index (χ4n) is 6.09. The number of para-hydroxylation sites is 2. The third-order valence-corrected chi connectivity index (χ3v) is 7.56. The molecular weight excluding hydrogens is 428 g/mol. The number of rotatable bonds is 5. The van der Waals surface area contributed by atoms with Crippen molar-refractivity contribution in [2.24, 2.45) is 0 Å². The molecule has 2 atom stereocenters. The van der Waals surface area contributed by atoms with Crippen molar-refractivity contribution in [1.29, 1.82) is 0 Å². The van der Waals surface area contributed by atoms with E-state index in [1.165, 1.54) is 0 Å². The first kappa shape index (κ1) is 20.5. The molecule has 2 aromatic carbocycles. The molecule has 6 nitrogen and oxygen atoms in total. The number of carbonyl (C=O) groups excluding carboxylic acids is 2. The molecule has 2 aromatic heterocycles. The van der Waals surface area contributed by atoms with E-state index < -0.39 is 10.8 Å². The van der Waals surface area contributed by atoms with Crippen molar-refractivity contribution in [2.45, 2.75) is 23.7 Å². The lowest BCUT2D eigenvalue weighted by Gasteiger charge is -2.43. The van der Waals surface area contributed by atoms with Gasteiger partial charge in [-0.25, -0.2) is 0 Å². The third kappa shape index (κ3) is 2.45. The summed E-state index contributed by atoms with van der Waals surface area (Å²) in [4.78, 5) is 32.3. The van der Waals surface area contributed by atoms with Crippen molar-refractivity contribution in [1.82, 2.24) is 0 Å². The molecule has 0 N–H and O–H groups in total. The largest absolute Gasteiger partial charge is 0.469 e. The van der Waals surface area contributed by atoms with Crippen LogP contribution in [-0.2, 0) is 33.3 Å². The molecule has 2 aliphatic rings. The summed E-state index contributed by atoms with van der Waals surface area (Å²) in [6.07, 6.45) is 3.70. The summed E-state index contributed by atoms with van der Waals surface area (Å²) < 4.78 is 11.6. The lowest BCUT2D eigenvalue weighted by molar-refractivity contribution is -0.135. The van der Waals surface area contributed by atoms with Crippen LogP contribution in [0, 0.1) is 0 Å². The van der Waals surface area contributed by atoms with Crippen LogP contribution in [0.25, 0.3) is 0 Å². The van der Waals surface area contributed by atoms with Gasteiger partial charge in [0.2, 0.25) is 11.8 Å². The Hall–Kier alpha value is -4.06. The number of carbonyl (C=O) groups is 2. The Morgan fingerprint density at radius 2 is 1.03 bits per heavy atom. The summed E-state index contributed by atoms with van der Waals surface area (Å²) in [5.74, 6) is 1.04. The van der Waals surface area contributed by atoms with Crippen molar-refractivity contribution in [2.75, 3.05) is 23.9 Å². The third-order valence-electron chi connectivity index (χ3n) is 7.56. The molecule has 170 valence electrons. The number of hydrogen-bond donors (Lipinski definition) is 0. The normalized spacial score (nSPS) is 23.5. The van der Waals surface area contributed by atoms with E-state index in [0.717, 1.165) is 22.5 Å². The van der Waals surface area contributed by atoms with E-state index in [0.29, 0.717) is 11.5 Å². The van der Waals surface area contributed by atoms with Gasteiger partial charge in [-0.2, -0.15) is 0 Å². The van der Waals surface area contributed by atoms with Gasteiger partial charge in [0.25, 0.3) is 0 Å². The molecule has 4 heterocycles. The smallest absolute Gasteiger partial charge is 0.239 e. The number of likely N-dealkylation sites (N-methyl/N-ethyl adjacent to an activating group) is 2. The van der Waals surface area contributed by atoms with Crippen LogP contribution in [0.4, 0.5) is 11.4 Å². The Morgan fingerprint density at radius 1 is 0.618 bits per heavy atom. The van der Waals surface area contributed by atoms with E-state index in [-0.39, 0.29) is 24.7 Å². The predicted octanol–water partition coefficient (Wildman–Crippen LogP) is 4.49. The van der Waals surface area contributed by atoms with Crippen LogP contribution in [0.5, 0.6) is 0 Å². The summed E-state index contributed by atoms with van der Waals surface area (Å²) in [5.41, 5.74) is 0.783. The second kappa shape index (κ2) is 7.22. The molecule has 2 aliphatic heterocycles. The van der Waals surface area contributed by atoms with Gasteiger partial charge in [-0.05, 0) is 47.5 Å². The molecule has 6 heteroatoms. The van der Waals surface area contributed by atoms with E-state index in [4.69, 9.17) is 8.83 Å². The highest BCUT2D eigenvalue weighted by molar-refractivity contribution is 6.18. The van der Waals surface area contributed by atoms with Crippen LogP contribution in [-0.4, -0.2) is 25.9 Å². The zero-order valence-electron chi connectivity index (χ0n) is 19.0. The van der Waals surface area contributed by atoms with E-state index in [1.54, 1.807) is 36.4 Å². The lowest BCUT2D eigenvalue weighted by Crippen LogP contribution is -2.61. The van der Waals surface area contributed by atoms with Crippen LogP contribution >= 0.6 is 0 Å². The van der Waals surface area contributed by atoms with Gasteiger partial charge in [-0.15, -0.1) is 0 Å². The van der Waals surface area contributed by atoms with Crippen molar-refractivity contribution in [3.05, 3.63) is 108 Å². The van der Waals surface area contributed by atoms with E-state index in [1.807, 2.05) is 72.8 Å². The highest BCUT2D eigenvalue weighted by atomic mass is 16.3. The van der Waals surface area contributed by atoms with Gasteiger partial charge in [0, 0.05) is 38.3 Å². The Kier molecular flexibility index (Phi) is 4.36. The Bertz CT molecular complexity index is 1280. The first-order chi connectivity index (χ1) is 16.5. The van der Waals surface area contributed by atoms with Crippen LogP contribution in [0.15, 0.2) is 94.2 Å². The first-order valence-electron chi connectivity index (χ1n) is 11.3. The van der Waals surface area contributed by atoms with E-state index >= 15 is 0 Å². The summed E-state index contributed by atoms with van der Waals surface area (Å²) >= 11 is 0. The van der Waals surface area contributed by atoms with Gasteiger partial charge in [0.15, 0.2) is 0 Å². The lowest BCUT2D eigenvalue weighted by atomic mass is 9.54. The molecule has 0 fully saturated rings. The van der Waals surface area contributed by atoms with Crippen molar-refractivity contribution in [3.63, 3.8) is 0 Å². The number of nitrogens with zero attached hydrogens (tertiary/aromatic N) is 2. The molecule has 0 saturated carbocycles. The number of anilines is 2. The molecule has 0 spiro atoms. The SMILES string of the molecule is CN1C(=O)C(Cc2ccco2)(C2(Cc3ccco3)C(=O)N(C)c3ccccc32)c2ccccc21. The standard InChI is InChI=1S/C28H24N2O4/c1-29-23-13-5-3-11-21(23)27(25(29)31,17-19-9-7-15-33-19)28(18-20-10-8-16-34-20)22-12-4-6-14-24(22)30(2)26(28)32/h3-16H,17-18H2,1-2H3. The minimum atomic E-state index is -1.24. The number of hydrogen-bond acceptors (Lipinski definition) is 4. The monoisotopic (exact) mass is 452 g/mol. The summed E-state index contributed by atoms with van der Waals surface area (Å²) in [5, 5.41) is 0. The molecular formula is C28H24N2O4. The minimum Gasteiger partial charge on any atom is -0.469 e. The maximum atomic E-state index is 14.5. The molecule has 0 aliphatic carbocycles. The number of benzene rings is 2. The summed E-state index contributed by atoms with van der Waals surface area (Å²) in [6.45, 7) is 0. The Labute approximate surface area is 197 Å². The highest BCUT2D eigenvalue weighted by Gasteiger charge is 2.70. The first-order valence-corrected chi connectivity index (χ1v) is 11.3. The van der Waals surface area contributed by atoms with E-state index in [2.05, 4.69) is 0 Å². The zero-order chi connectivity index (χ0) is 23.5. The molecule has 6 rings (SSSR count). The maximum Gasteiger partial charge on any atom is 0.239 e. The molecule has 0 bridgehead atoms. The number of furan rings is 2. The molecule has 0 saturated heterocycles. The quantitative estimate of drug-likeness (QED) is 0.448. The molecule has 0 radical (unpaired) electrons. The molecule has 2 amide bonds. The molecule has 2 unspecified atom stereocenters. The summed E-state index contributed by atoms with van der Waals surface area (Å²) in [6, 6.07) is 22.9. The van der Waals surface area contributed by atoms with Gasteiger partial charge in [-0.1, -0.05) is 36.4 Å². The van der Waals surface area contributed by atoms with Crippen LogP contribution in [0.3, 0.4) is 0 Å². The average Bonchev–Trinajstić information content (AvgIpc) is 3.64. The second-order valence-electron chi connectivity index (χ2n) is 9.09. The van der Waals surface area contributed by atoms with Gasteiger partial charge >= 0.3 is 0 Å². The van der Waals surface area contributed by atoms with Crippen molar-refractivity contribution >= 4 is 23.2 Å². The van der Waals surface area contributed by atoms with Gasteiger partial charge in [0.05, 0.1) is 12.5 Å². The fraction of sp³-hybridized carbons (Fsp3) is 0.214. The molecule has 34 heavy (non-hydrogen) atoms. The fourth-order valence-corrected chi connectivity index (χ4v) is 6.09.